The molecule has 1 unspecified atom stereocenters. The summed E-state index contributed by atoms with van der Waals surface area (Å²) in [6, 6.07) is 9.32. The van der Waals surface area contributed by atoms with Crippen molar-refractivity contribution >= 4 is 27.1 Å². The third kappa shape index (κ3) is 3.30. The second-order valence-corrected chi connectivity index (χ2v) is 8.06. The molecule has 1 amide bonds. The number of carbonyl (C=O) groups is 1. The molecule has 1 aromatic heterocycles. The number of nitrogens with one attached hydrogen (secondary N) is 1. The van der Waals surface area contributed by atoms with Crippen molar-refractivity contribution in [1.82, 2.24) is 10.3 Å². The first-order valence-electron chi connectivity index (χ1n) is 6.56. The quantitative estimate of drug-likeness (QED) is 0.933. The van der Waals surface area contributed by atoms with E-state index in [2.05, 4.69) is 10.3 Å². The number of benzene rings is 1. The summed E-state index contributed by atoms with van der Waals surface area (Å²) in [6.07, 6.45) is 0.476. The highest BCUT2D eigenvalue weighted by molar-refractivity contribution is 7.91. The average Bonchev–Trinajstić information content (AvgIpc) is 3.07. The lowest BCUT2D eigenvalue weighted by Crippen LogP contribution is -2.35. The van der Waals surface area contributed by atoms with E-state index in [-0.39, 0.29) is 23.5 Å². The first-order valence-corrected chi connectivity index (χ1v) is 9.26. The number of aromatic nitrogens is 1. The summed E-state index contributed by atoms with van der Waals surface area (Å²) >= 11 is 1.40. The summed E-state index contributed by atoms with van der Waals surface area (Å²) in [6.45, 7) is 0. The molecule has 21 heavy (non-hydrogen) atoms. The average molecular weight is 322 g/mol. The number of hydrogen-bond acceptors (Lipinski definition) is 5. The Morgan fingerprint density at radius 1 is 1.29 bits per heavy atom. The minimum Gasteiger partial charge on any atom is -0.347 e. The summed E-state index contributed by atoms with van der Waals surface area (Å²) in [5, 5.41) is 5.21. The Bertz CT molecular complexity index is 754. The number of rotatable bonds is 3. The standard InChI is InChI=1S/C14H14N2O3S2/c17-13(15-11-6-7-21(18,19)9-11)12-8-20-14(16-12)10-4-2-1-3-5-10/h1-5,8,11H,6-7,9H2,(H,15,17). The van der Waals surface area contributed by atoms with Crippen LogP contribution in [0.2, 0.25) is 0 Å². The first kappa shape index (κ1) is 14.2. The molecule has 1 aliphatic heterocycles. The number of nitrogens with zero attached hydrogens (tertiary/aromatic N) is 1. The van der Waals surface area contributed by atoms with Gasteiger partial charge in [0, 0.05) is 17.0 Å². The lowest BCUT2D eigenvalue weighted by molar-refractivity contribution is 0.0937. The van der Waals surface area contributed by atoms with E-state index in [0.717, 1.165) is 10.6 Å². The van der Waals surface area contributed by atoms with Gasteiger partial charge in [0.2, 0.25) is 0 Å². The van der Waals surface area contributed by atoms with Gasteiger partial charge in [-0.2, -0.15) is 0 Å². The smallest absolute Gasteiger partial charge is 0.271 e. The van der Waals surface area contributed by atoms with Gasteiger partial charge in [-0.05, 0) is 6.42 Å². The second kappa shape index (κ2) is 5.57. The van der Waals surface area contributed by atoms with Crippen LogP contribution in [0.25, 0.3) is 10.6 Å². The highest BCUT2D eigenvalue weighted by Gasteiger charge is 2.29. The summed E-state index contributed by atoms with van der Waals surface area (Å²) in [5.41, 5.74) is 1.30. The van der Waals surface area contributed by atoms with Crippen molar-refractivity contribution in [2.45, 2.75) is 12.5 Å². The Kier molecular flexibility index (Phi) is 3.77. The molecule has 1 saturated heterocycles. The number of thiazole rings is 1. The molecule has 1 atom stereocenters. The zero-order chi connectivity index (χ0) is 14.9. The van der Waals surface area contributed by atoms with E-state index in [4.69, 9.17) is 0 Å². The van der Waals surface area contributed by atoms with Crippen molar-refractivity contribution in [3.63, 3.8) is 0 Å². The number of hydrogen-bond donors (Lipinski definition) is 1. The Balaban J connectivity index is 1.70. The molecule has 0 aliphatic carbocycles. The lowest BCUT2D eigenvalue weighted by atomic mass is 10.2. The zero-order valence-electron chi connectivity index (χ0n) is 11.2. The Morgan fingerprint density at radius 3 is 2.71 bits per heavy atom. The Morgan fingerprint density at radius 2 is 2.05 bits per heavy atom. The van der Waals surface area contributed by atoms with Gasteiger partial charge in [0.25, 0.3) is 5.91 Å². The molecule has 1 N–H and O–H groups in total. The Labute approximate surface area is 127 Å². The van der Waals surface area contributed by atoms with E-state index < -0.39 is 9.84 Å². The topological polar surface area (TPSA) is 76.1 Å². The van der Waals surface area contributed by atoms with Gasteiger partial charge in [-0.1, -0.05) is 30.3 Å². The summed E-state index contributed by atoms with van der Waals surface area (Å²) in [7, 11) is -2.99. The summed E-state index contributed by atoms with van der Waals surface area (Å²) < 4.78 is 22.8. The van der Waals surface area contributed by atoms with Crippen LogP contribution in [0, 0.1) is 0 Å². The minimum atomic E-state index is -2.99. The monoisotopic (exact) mass is 322 g/mol. The maximum atomic E-state index is 12.1. The van der Waals surface area contributed by atoms with Crippen LogP contribution in [0.1, 0.15) is 16.9 Å². The van der Waals surface area contributed by atoms with E-state index in [1.165, 1.54) is 11.3 Å². The van der Waals surface area contributed by atoms with E-state index >= 15 is 0 Å². The van der Waals surface area contributed by atoms with Crippen molar-refractivity contribution in [2.24, 2.45) is 0 Å². The van der Waals surface area contributed by atoms with Crippen LogP contribution in [-0.2, 0) is 9.84 Å². The van der Waals surface area contributed by atoms with Crippen LogP contribution < -0.4 is 5.32 Å². The van der Waals surface area contributed by atoms with Gasteiger partial charge in [-0.15, -0.1) is 11.3 Å². The number of sulfone groups is 1. The molecule has 5 nitrogen and oxygen atoms in total. The highest BCUT2D eigenvalue weighted by atomic mass is 32.2. The minimum absolute atomic E-state index is 0.0222. The van der Waals surface area contributed by atoms with Gasteiger partial charge >= 0.3 is 0 Å². The van der Waals surface area contributed by atoms with Gasteiger partial charge in [0.15, 0.2) is 9.84 Å². The van der Waals surface area contributed by atoms with Crippen LogP contribution in [-0.4, -0.2) is 36.9 Å². The largest absolute Gasteiger partial charge is 0.347 e. The summed E-state index contributed by atoms with van der Waals surface area (Å²) in [4.78, 5) is 16.4. The van der Waals surface area contributed by atoms with Crippen molar-refractivity contribution in [3.05, 3.63) is 41.4 Å². The predicted octanol–water partition coefficient (Wildman–Crippen LogP) is 1.73. The molecule has 0 spiro atoms. The molecule has 7 heteroatoms. The van der Waals surface area contributed by atoms with E-state index in [9.17, 15) is 13.2 Å². The maximum Gasteiger partial charge on any atom is 0.271 e. The van der Waals surface area contributed by atoms with Gasteiger partial charge < -0.3 is 5.32 Å². The van der Waals surface area contributed by atoms with Gasteiger partial charge in [0.05, 0.1) is 11.5 Å². The number of amides is 1. The lowest BCUT2D eigenvalue weighted by Gasteiger charge is -2.08. The van der Waals surface area contributed by atoms with Crippen molar-refractivity contribution in [3.8, 4) is 10.6 Å². The third-order valence-corrected chi connectivity index (χ3v) is 5.98. The van der Waals surface area contributed by atoms with Crippen LogP contribution in [0.15, 0.2) is 35.7 Å². The molecular weight excluding hydrogens is 308 g/mol. The third-order valence-electron chi connectivity index (χ3n) is 3.33. The molecule has 1 aromatic carbocycles. The molecule has 1 aliphatic rings. The van der Waals surface area contributed by atoms with E-state index in [1.807, 2.05) is 30.3 Å². The van der Waals surface area contributed by atoms with Crippen molar-refractivity contribution in [2.75, 3.05) is 11.5 Å². The number of carbonyl (C=O) groups excluding carboxylic acids is 1. The molecule has 0 bridgehead atoms. The fourth-order valence-corrected chi connectivity index (χ4v) is 4.74. The molecule has 2 heterocycles. The van der Waals surface area contributed by atoms with Crippen molar-refractivity contribution < 1.29 is 13.2 Å². The van der Waals surface area contributed by atoms with Crippen LogP contribution in [0.5, 0.6) is 0 Å². The highest BCUT2D eigenvalue weighted by Crippen LogP contribution is 2.23. The predicted molar refractivity (Wildman–Crippen MR) is 82.1 cm³/mol. The zero-order valence-corrected chi connectivity index (χ0v) is 12.8. The summed E-state index contributed by atoms with van der Waals surface area (Å²) in [5.74, 6) is -0.144. The van der Waals surface area contributed by atoms with E-state index in [0.29, 0.717) is 12.1 Å². The van der Waals surface area contributed by atoms with Gasteiger partial charge in [-0.3, -0.25) is 4.79 Å². The van der Waals surface area contributed by atoms with Gasteiger partial charge in [-0.25, -0.2) is 13.4 Å². The molecule has 0 saturated carbocycles. The normalized spacial score (nSPS) is 20.3. The van der Waals surface area contributed by atoms with E-state index in [1.54, 1.807) is 5.38 Å². The first-order chi connectivity index (χ1) is 10.0. The molecule has 110 valence electrons. The molecule has 1 fully saturated rings. The maximum absolute atomic E-state index is 12.1. The fraction of sp³-hybridized carbons (Fsp3) is 0.286. The Hall–Kier alpha value is -1.73. The van der Waals surface area contributed by atoms with Gasteiger partial charge in [0.1, 0.15) is 10.7 Å². The SMILES string of the molecule is O=C(NC1CCS(=O)(=O)C1)c1csc(-c2ccccc2)n1. The van der Waals surface area contributed by atoms with Crippen molar-refractivity contribution in [1.29, 1.82) is 0 Å². The van der Waals surface area contributed by atoms with Crippen LogP contribution >= 0.6 is 11.3 Å². The second-order valence-electron chi connectivity index (χ2n) is 4.98. The van der Waals surface area contributed by atoms with Crippen LogP contribution in [0.3, 0.4) is 0 Å². The molecule has 2 aromatic rings. The van der Waals surface area contributed by atoms with Crippen LogP contribution in [0.4, 0.5) is 0 Å². The molecular formula is C14H14N2O3S2. The molecule has 0 radical (unpaired) electrons. The molecule has 3 rings (SSSR count). The fourth-order valence-electron chi connectivity index (χ4n) is 2.26.